The number of nitrogens with one attached hydrogen (secondary N) is 1. The number of rotatable bonds is 5. The van der Waals surface area contributed by atoms with E-state index in [2.05, 4.69) is 5.32 Å². The number of piperazine rings is 1. The SMILES string of the molecule is C[C@H](C(=O)Nc1ccccc1)N1CCN(S(=O)(=O)c2cccc(C(F)(F)F)c2)CC1. The number of amides is 1. The summed E-state index contributed by atoms with van der Waals surface area (Å²) in [6.07, 6.45) is -4.62. The van der Waals surface area contributed by atoms with Gasteiger partial charge in [-0.2, -0.15) is 17.5 Å². The lowest BCUT2D eigenvalue weighted by atomic mass is 10.2. The van der Waals surface area contributed by atoms with E-state index in [4.69, 9.17) is 0 Å². The van der Waals surface area contributed by atoms with Crippen molar-refractivity contribution in [3.63, 3.8) is 0 Å². The van der Waals surface area contributed by atoms with Crippen molar-refractivity contribution in [1.29, 1.82) is 0 Å². The zero-order valence-electron chi connectivity index (χ0n) is 16.3. The van der Waals surface area contributed by atoms with Crippen LogP contribution in [0.25, 0.3) is 0 Å². The van der Waals surface area contributed by atoms with Crippen molar-refractivity contribution < 1.29 is 26.4 Å². The van der Waals surface area contributed by atoms with Crippen LogP contribution in [0, 0.1) is 0 Å². The molecule has 1 amide bonds. The molecule has 0 unspecified atom stereocenters. The number of carbonyl (C=O) groups excluding carboxylic acids is 1. The molecule has 0 aliphatic carbocycles. The number of nitrogens with zero attached hydrogens (tertiary/aromatic N) is 2. The fraction of sp³-hybridized carbons (Fsp3) is 0.350. The molecular formula is C20H22F3N3O3S. The highest BCUT2D eigenvalue weighted by Crippen LogP contribution is 2.31. The van der Waals surface area contributed by atoms with Crippen LogP contribution in [0.15, 0.2) is 59.5 Å². The molecule has 6 nitrogen and oxygen atoms in total. The summed E-state index contributed by atoms with van der Waals surface area (Å²) in [5.74, 6) is -0.213. The third-order valence-corrected chi connectivity index (χ3v) is 6.94. The summed E-state index contributed by atoms with van der Waals surface area (Å²) >= 11 is 0. The lowest BCUT2D eigenvalue weighted by molar-refractivity contribution is -0.137. The number of benzene rings is 2. The Labute approximate surface area is 173 Å². The van der Waals surface area contributed by atoms with Crippen molar-refractivity contribution in [2.45, 2.75) is 24.0 Å². The molecule has 1 aliphatic rings. The molecule has 1 fully saturated rings. The topological polar surface area (TPSA) is 69.7 Å². The van der Waals surface area contributed by atoms with E-state index in [9.17, 15) is 26.4 Å². The van der Waals surface area contributed by atoms with E-state index < -0.39 is 27.8 Å². The van der Waals surface area contributed by atoms with Gasteiger partial charge in [0, 0.05) is 31.9 Å². The van der Waals surface area contributed by atoms with E-state index >= 15 is 0 Å². The molecule has 1 atom stereocenters. The van der Waals surface area contributed by atoms with Crippen LogP contribution in [-0.4, -0.2) is 55.8 Å². The predicted octanol–water partition coefficient (Wildman–Crippen LogP) is 3.04. The van der Waals surface area contributed by atoms with Crippen LogP contribution in [0.1, 0.15) is 12.5 Å². The van der Waals surface area contributed by atoms with Crippen LogP contribution in [-0.2, 0) is 21.0 Å². The Morgan fingerprint density at radius 3 is 2.23 bits per heavy atom. The van der Waals surface area contributed by atoms with Crippen molar-refractivity contribution >= 4 is 21.6 Å². The molecule has 0 radical (unpaired) electrons. The number of para-hydroxylation sites is 1. The lowest BCUT2D eigenvalue weighted by Crippen LogP contribution is -2.53. The van der Waals surface area contributed by atoms with Crippen molar-refractivity contribution in [3.8, 4) is 0 Å². The van der Waals surface area contributed by atoms with Gasteiger partial charge in [0.25, 0.3) is 0 Å². The average molecular weight is 441 g/mol. The molecule has 0 bridgehead atoms. The first kappa shape index (κ1) is 22.3. The molecule has 0 saturated carbocycles. The van der Waals surface area contributed by atoms with Gasteiger partial charge in [-0.25, -0.2) is 8.42 Å². The number of halogens is 3. The summed E-state index contributed by atoms with van der Waals surface area (Å²) in [6, 6.07) is 12.2. The molecule has 3 rings (SSSR count). The molecule has 1 saturated heterocycles. The molecule has 0 spiro atoms. The van der Waals surface area contributed by atoms with Crippen LogP contribution < -0.4 is 5.32 Å². The van der Waals surface area contributed by atoms with Gasteiger partial charge in [0.1, 0.15) is 0 Å². The van der Waals surface area contributed by atoms with Crippen molar-refractivity contribution in [2.24, 2.45) is 0 Å². The first-order valence-electron chi connectivity index (χ1n) is 9.36. The smallest absolute Gasteiger partial charge is 0.325 e. The monoisotopic (exact) mass is 441 g/mol. The second-order valence-corrected chi connectivity index (χ2v) is 8.93. The van der Waals surface area contributed by atoms with Gasteiger partial charge in [0.2, 0.25) is 15.9 Å². The first-order chi connectivity index (χ1) is 14.1. The Morgan fingerprint density at radius 1 is 1.00 bits per heavy atom. The van der Waals surface area contributed by atoms with E-state index in [-0.39, 0.29) is 23.9 Å². The zero-order chi connectivity index (χ0) is 21.9. The quantitative estimate of drug-likeness (QED) is 0.775. The summed E-state index contributed by atoms with van der Waals surface area (Å²) in [4.78, 5) is 13.9. The molecule has 2 aromatic carbocycles. The Hall–Kier alpha value is -2.43. The number of alkyl halides is 3. The van der Waals surface area contributed by atoms with Gasteiger partial charge in [-0.1, -0.05) is 24.3 Å². The maximum atomic E-state index is 12.9. The molecule has 1 aliphatic heterocycles. The maximum absolute atomic E-state index is 12.9. The molecule has 2 aromatic rings. The number of hydrogen-bond acceptors (Lipinski definition) is 4. The van der Waals surface area contributed by atoms with Crippen molar-refractivity contribution in [1.82, 2.24) is 9.21 Å². The van der Waals surface area contributed by atoms with Crippen LogP contribution in [0.2, 0.25) is 0 Å². The Balaban J connectivity index is 1.64. The average Bonchev–Trinajstić information content (AvgIpc) is 2.73. The van der Waals surface area contributed by atoms with E-state index in [1.165, 1.54) is 0 Å². The molecule has 30 heavy (non-hydrogen) atoms. The Morgan fingerprint density at radius 2 is 1.63 bits per heavy atom. The largest absolute Gasteiger partial charge is 0.416 e. The predicted molar refractivity (Wildman–Crippen MR) is 106 cm³/mol. The van der Waals surface area contributed by atoms with Gasteiger partial charge in [-0.15, -0.1) is 0 Å². The fourth-order valence-corrected chi connectivity index (χ4v) is 4.72. The van der Waals surface area contributed by atoms with Gasteiger partial charge in [0.05, 0.1) is 16.5 Å². The first-order valence-corrected chi connectivity index (χ1v) is 10.8. The molecular weight excluding hydrogens is 419 g/mol. The van der Waals surface area contributed by atoms with Crippen LogP contribution in [0.5, 0.6) is 0 Å². The summed E-state index contributed by atoms with van der Waals surface area (Å²) in [5.41, 5.74) is -0.339. The van der Waals surface area contributed by atoms with Gasteiger partial charge in [0.15, 0.2) is 0 Å². The van der Waals surface area contributed by atoms with Crippen LogP contribution >= 0.6 is 0 Å². The number of hydrogen-bond donors (Lipinski definition) is 1. The van der Waals surface area contributed by atoms with Crippen molar-refractivity contribution in [3.05, 3.63) is 60.2 Å². The Bertz CT molecular complexity index is 989. The Kier molecular flexibility index (Phi) is 6.49. The van der Waals surface area contributed by atoms with E-state index in [0.717, 1.165) is 22.5 Å². The lowest BCUT2D eigenvalue weighted by Gasteiger charge is -2.36. The molecule has 1 N–H and O–H groups in total. The van der Waals surface area contributed by atoms with Gasteiger partial charge in [-0.05, 0) is 37.3 Å². The third-order valence-electron chi connectivity index (χ3n) is 5.04. The molecule has 0 aromatic heterocycles. The zero-order valence-corrected chi connectivity index (χ0v) is 17.1. The van der Waals surface area contributed by atoms with E-state index in [1.54, 1.807) is 31.2 Å². The minimum atomic E-state index is -4.62. The second-order valence-electron chi connectivity index (χ2n) is 7.00. The van der Waals surface area contributed by atoms with Crippen molar-refractivity contribution in [2.75, 3.05) is 31.5 Å². The summed E-state index contributed by atoms with van der Waals surface area (Å²) in [7, 11) is -4.06. The number of anilines is 1. The highest BCUT2D eigenvalue weighted by molar-refractivity contribution is 7.89. The second kappa shape index (κ2) is 8.75. The third kappa shape index (κ3) is 5.00. The summed E-state index contributed by atoms with van der Waals surface area (Å²) in [5, 5.41) is 2.81. The molecule has 162 valence electrons. The summed E-state index contributed by atoms with van der Waals surface area (Å²) < 4.78 is 65.5. The number of carbonyl (C=O) groups is 1. The number of sulfonamides is 1. The van der Waals surface area contributed by atoms with Gasteiger partial charge >= 0.3 is 6.18 Å². The standard InChI is InChI=1S/C20H22F3N3O3S/c1-15(19(27)24-17-7-3-2-4-8-17)25-10-12-26(13-11-25)30(28,29)18-9-5-6-16(14-18)20(21,22)23/h2-9,14-15H,10-13H2,1H3,(H,24,27)/t15-/m1/s1. The van der Waals surface area contributed by atoms with Crippen LogP contribution in [0.3, 0.4) is 0 Å². The normalized spacial score (nSPS) is 17.5. The molecule has 1 heterocycles. The minimum Gasteiger partial charge on any atom is -0.325 e. The molecule has 10 heteroatoms. The van der Waals surface area contributed by atoms with Gasteiger partial charge < -0.3 is 5.32 Å². The van der Waals surface area contributed by atoms with E-state index in [0.29, 0.717) is 24.8 Å². The summed E-state index contributed by atoms with van der Waals surface area (Å²) in [6.45, 7) is 2.49. The maximum Gasteiger partial charge on any atom is 0.416 e. The fourth-order valence-electron chi connectivity index (χ4n) is 3.25. The highest BCUT2D eigenvalue weighted by Gasteiger charge is 2.35. The van der Waals surface area contributed by atoms with Crippen LogP contribution in [0.4, 0.5) is 18.9 Å². The van der Waals surface area contributed by atoms with E-state index in [1.807, 2.05) is 11.0 Å². The van der Waals surface area contributed by atoms with Gasteiger partial charge in [-0.3, -0.25) is 9.69 Å². The highest BCUT2D eigenvalue weighted by atomic mass is 32.2. The minimum absolute atomic E-state index is 0.0849.